The molecule has 5 heteroatoms. The van der Waals surface area contributed by atoms with Crippen LogP contribution in [0.2, 0.25) is 0 Å². The minimum Gasteiger partial charge on any atom is -0.381 e. The number of amides is 1. The van der Waals surface area contributed by atoms with Crippen LogP contribution >= 0.6 is 0 Å². The number of anilines is 2. The molecule has 2 N–H and O–H groups in total. The molecular weight excluding hydrogens is 288 g/mol. The van der Waals surface area contributed by atoms with E-state index in [1.165, 1.54) is 5.56 Å². The van der Waals surface area contributed by atoms with E-state index in [1.807, 2.05) is 23.0 Å². The summed E-state index contributed by atoms with van der Waals surface area (Å²) in [5, 5.41) is 10.8. The van der Waals surface area contributed by atoms with Crippen LogP contribution in [0.3, 0.4) is 0 Å². The second kappa shape index (κ2) is 6.07. The fourth-order valence-corrected chi connectivity index (χ4v) is 2.71. The Hall–Kier alpha value is -2.30. The van der Waals surface area contributed by atoms with Crippen LogP contribution in [0.4, 0.5) is 11.4 Å². The standard InChI is InChI=1S/C18H24N4O/c1-18(2,3)22-12-13(11-20-22)10-19-15-7-8-16-14(9-15)5-4-6-17(23)21-16/h7-9,11-12,19H,4-6,10H2,1-3H3,(H,21,23). The van der Waals surface area contributed by atoms with E-state index in [4.69, 9.17) is 0 Å². The number of benzene rings is 1. The Kier molecular flexibility index (Phi) is 4.11. The van der Waals surface area contributed by atoms with Gasteiger partial charge in [0.2, 0.25) is 5.91 Å². The summed E-state index contributed by atoms with van der Waals surface area (Å²) in [4.78, 5) is 11.6. The normalized spacial score (nSPS) is 14.8. The number of carbonyl (C=O) groups excluding carboxylic acids is 1. The van der Waals surface area contributed by atoms with Crippen LogP contribution in [0.1, 0.15) is 44.7 Å². The first-order chi connectivity index (χ1) is 10.9. The zero-order valence-electron chi connectivity index (χ0n) is 14.0. The molecule has 0 fully saturated rings. The van der Waals surface area contributed by atoms with Crippen LogP contribution in [-0.4, -0.2) is 15.7 Å². The van der Waals surface area contributed by atoms with E-state index in [0.717, 1.165) is 36.3 Å². The predicted molar refractivity (Wildman–Crippen MR) is 92.6 cm³/mol. The second-order valence-electron chi connectivity index (χ2n) is 7.09. The Morgan fingerprint density at radius 1 is 1.30 bits per heavy atom. The molecule has 1 aromatic heterocycles. The molecule has 0 unspecified atom stereocenters. The summed E-state index contributed by atoms with van der Waals surface area (Å²) in [5.74, 6) is 0.110. The zero-order chi connectivity index (χ0) is 16.4. The van der Waals surface area contributed by atoms with E-state index in [2.05, 4.69) is 48.8 Å². The van der Waals surface area contributed by atoms with Crippen molar-refractivity contribution in [3.8, 4) is 0 Å². The van der Waals surface area contributed by atoms with Crippen molar-refractivity contribution in [2.75, 3.05) is 10.6 Å². The van der Waals surface area contributed by atoms with Crippen LogP contribution in [0.15, 0.2) is 30.6 Å². The summed E-state index contributed by atoms with van der Waals surface area (Å²) >= 11 is 0. The van der Waals surface area contributed by atoms with E-state index in [1.54, 1.807) is 0 Å². The van der Waals surface area contributed by atoms with Gasteiger partial charge in [0, 0.05) is 36.1 Å². The Bertz CT molecular complexity index is 712. The van der Waals surface area contributed by atoms with E-state index in [9.17, 15) is 4.79 Å². The molecule has 1 aliphatic heterocycles. The van der Waals surface area contributed by atoms with Crippen LogP contribution in [-0.2, 0) is 23.3 Å². The molecule has 3 rings (SSSR count). The third kappa shape index (κ3) is 3.73. The number of fused-ring (bicyclic) bond motifs is 1. The van der Waals surface area contributed by atoms with Crippen molar-refractivity contribution >= 4 is 17.3 Å². The van der Waals surface area contributed by atoms with Crippen LogP contribution < -0.4 is 10.6 Å². The maximum atomic E-state index is 11.6. The highest BCUT2D eigenvalue weighted by molar-refractivity contribution is 5.92. The first kappa shape index (κ1) is 15.6. The summed E-state index contributed by atoms with van der Waals surface area (Å²) in [6.45, 7) is 7.15. The Balaban J connectivity index is 1.68. The molecule has 1 aromatic carbocycles. The smallest absolute Gasteiger partial charge is 0.224 e. The highest BCUT2D eigenvalue weighted by atomic mass is 16.1. The fraction of sp³-hybridized carbons (Fsp3) is 0.444. The van der Waals surface area contributed by atoms with E-state index in [0.29, 0.717) is 6.42 Å². The molecular formula is C18H24N4O. The van der Waals surface area contributed by atoms with Gasteiger partial charge in [-0.1, -0.05) is 0 Å². The van der Waals surface area contributed by atoms with Gasteiger partial charge in [0.05, 0.1) is 11.7 Å². The van der Waals surface area contributed by atoms with E-state index < -0.39 is 0 Å². The summed E-state index contributed by atoms with van der Waals surface area (Å²) in [5.41, 5.74) is 4.37. The van der Waals surface area contributed by atoms with Crippen LogP contribution in [0, 0.1) is 0 Å². The zero-order valence-corrected chi connectivity index (χ0v) is 14.0. The average Bonchev–Trinajstić information content (AvgIpc) is 2.89. The molecule has 0 radical (unpaired) electrons. The van der Waals surface area contributed by atoms with Gasteiger partial charge in [0.1, 0.15) is 0 Å². The molecule has 1 amide bonds. The number of aromatic nitrogens is 2. The summed E-state index contributed by atoms with van der Waals surface area (Å²) < 4.78 is 1.98. The monoisotopic (exact) mass is 312 g/mol. The van der Waals surface area contributed by atoms with Crippen molar-refractivity contribution in [2.45, 2.75) is 52.1 Å². The van der Waals surface area contributed by atoms with Gasteiger partial charge >= 0.3 is 0 Å². The lowest BCUT2D eigenvalue weighted by molar-refractivity contribution is -0.116. The maximum absolute atomic E-state index is 11.6. The predicted octanol–water partition coefficient (Wildman–Crippen LogP) is 3.53. The highest BCUT2D eigenvalue weighted by Crippen LogP contribution is 2.25. The van der Waals surface area contributed by atoms with Crippen molar-refractivity contribution in [2.24, 2.45) is 0 Å². The maximum Gasteiger partial charge on any atom is 0.224 e. The largest absolute Gasteiger partial charge is 0.381 e. The molecule has 122 valence electrons. The molecule has 0 spiro atoms. The molecule has 0 aliphatic carbocycles. The number of nitrogens with zero attached hydrogens (tertiary/aromatic N) is 2. The average molecular weight is 312 g/mol. The first-order valence-electron chi connectivity index (χ1n) is 8.12. The number of rotatable bonds is 3. The quantitative estimate of drug-likeness (QED) is 0.911. The van der Waals surface area contributed by atoms with Gasteiger partial charge in [-0.15, -0.1) is 0 Å². The van der Waals surface area contributed by atoms with Crippen molar-refractivity contribution < 1.29 is 4.79 Å². The van der Waals surface area contributed by atoms with Crippen molar-refractivity contribution in [1.82, 2.24) is 9.78 Å². The first-order valence-corrected chi connectivity index (χ1v) is 8.12. The number of carbonyl (C=O) groups is 1. The lowest BCUT2D eigenvalue weighted by atomic mass is 10.1. The Labute approximate surface area is 137 Å². The molecule has 23 heavy (non-hydrogen) atoms. The second-order valence-corrected chi connectivity index (χ2v) is 7.09. The molecule has 1 aliphatic rings. The SMILES string of the molecule is CC(C)(C)n1cc(CNc2ccc3c(c2)CCCC(=O)N3)cn1. The molecule has 0 saturated carbocycles. The molecule has 0 atom stereocenters. The van der Waals surface area contributed by atoms with Gasteiger partial charge in [0.25, 0.3) is 0 Å². The van der Waals surface area contributed by atoms with Crippen molar-refractivity contribution in [1.29, 1.82) is 0 Å². The van der Waals surface area contributed by atoms with Gasteiger partial charge in [-0.3, -0.25) is 9.48 Å². The fourth-order valence-electron chi connectivity index (χ4n) is 2.71. The molecule has 2 heterocycles. The van der Waals surface area contributed by atoms with E-state index in [-0.39, 0.29) is 11.4 Å². The van der Waals surface area contributed by atoms with Gasteiger partial charge < -0.3 is 10.6 Å². The highest BCUT2D eigenvalue weighted by Gasteiger charge is 2.15. The van der Waals surface area contributed by atoms with Gasteiger partial charge in [0.15, 0.2) is 0 Å². The third-order valence-electron chi connectivity index (χ3n) is 4.05. The van der Waals surface area contributed by atoms with E-state index >= 15 is 0 Å². The number of aryl methyl sites for hydroxylation is 1. The molecule has 0 saturated heterocycles. The number of hydrogen-bond acceptors (Lipinski definition) is 3. The third-order valence-corrected chi connectivity index (χ3v) is 4.05. The minimum atomic E-state index is 0.000522. The lowest BCUT2D eigenvalue weighted by Gasteiger charge is -2.18. The summed E-state index contributed by atoms with van der Waals surface area (Å²) in [6, 6.07) is 6.13. The molecule has 0 bridgehead atoms. The Morgan fingerprint density at radius 2 is 2.13 bits per heavy atom. The van der Waals surface area contributed by atoms with Gasteiger partial charge in [-0.2, -0.15) is 5.10 Å². The minimum absolute atomic E-state index is 0.000522. The van der Waals surface area contributed by atoms with Crippen molar-refractivity contribution in [3.63, 3.8) is 0 Å². The summed E-state index contributed by atoms with van der Waals surface area (Å²) in [6.07, 6.45) is 6.42. The van der Waals surface area contributed by atoms with Gasteiger partial charge in [-0.05, 0) is 57.4 Å². The Morgan fingerprint density at radius 3 is 2.87 bits per heavy atom. The van der Waals surface area contributed by atoms with Gasteiger partial charge in [-0.25, -0.2) is 0 Å². The summed E-state index contributed by atoms with van der Waals surface area (Å²) in [7, 11) is 0. The van der Waals surface area contributed by atoms with Crippen LogP contribution in [0.25, 0.3) is 0 Å². The topological polar surface area (TPSA) is 59.0 Å². The molecule has 5 nitrogen and oxygen atoms in total. The van der Waals surface area contributed by atoms with Crippen molar-refractivity contribution in [3.05, 3.63) is 41.7 Å². The molecule has 2 aromatic rings. The lowest BCUT2D eigenvalue weighted by Crippen LogP contribution is -2.21. The number of hydrogen-bond donors (Lipinski definition) is 2. The number of nitrogens with one attached hydrogen (secondary N) is 2. The van der Waals surface area contributed by atoms with Crippen LogP contribution in [0.5, 0.6) is 0 Å².